The maximum absolute atomic E-state index is 5.51. The van der Waals surface area contributed by atoms with Crippen molar-refractivity contribution in [1.82, 2.24) is 4.98 Å². The van der Waals surface area contributed by atoms with Gasteiger partial charge in [0.25, 0.3) is 0 Å². The van der Waals surface area contributed by atoms with Crippen molar-refractivity contribution in [2.75, 3.05) is 25.0 Å². The summed E-state index contributed by atoms with van der Waals surface area (Å²) in [5, 5.41) is 0. The van der Waals surface area contributed by atoms with Crippen LogP contribution in [-0.2, 0) is 6.42 Å². The average molecular weight is 219 g/mol. The van der Waals surface area contributed by atoms with E-state index in [0.717, 1.165) is 30.6 Å². The predicted octanol–water partition coefficient (Wildman–Crippen LogP) is 1.68. The molecule has 3 nitrogen and oxygen atoms in total. The van der Waals surface area contributed by atoms with Gasteiger partial charge in [-0.2, -0.15) is 0 Å². The highest BCUT2D eigenvalue weighted by Gasteiger charge is 2.33. The average Bonchev–Trinajstić information content (AvgIpc) is 2.95. The molecule has 0 aliphatic heterocycles. The summed E-state index contributed by atoms with van der Waals surface area (Å²) in [7, 11) is 2.12. The van der Waals surface area contributed by atoms with Crippen LogP contribution in [0.4, 0.5) is 5.82 Å². The summed E-state index contributed by atoms with van der Waals surface area (Å²) >= 11 is 0. The minimum Gasteiger partial charge on any atom is -0.359 e. The molecule has 1 aliphatic rings. The highest BCUT2D eigenvalue weighted by Crippen LogP contribution is 2.38. The zero-order valence-corrected chi connectivity index (χ0v) is 10.2. The molecule has 1 aromatic rings. The zero-order valence-electron chi connectivity index (χ0n) is 10.2. The first-order valence-corrected chi connectivity index (χ1v) is 6.07. The van der Waals surface area contributed by atoms with Gasteiger partial charge in [0, 0.05) is 19.8 Å². The van der Waals surface area contributed by atoms with E-state index in [-0.39, 0.29) is 0 Å². The third-order valence-corrected chi connectivity index (χ3v) is 3.42. The molecule has 16 heavy (non-hydrogen) atoms. The summed E-state index contributed by atoms with van der Waals surface area (Å²) < 4.78 is 0. The van der Waals surface area contributed by atoms with E-state index in [1.54, 1.807) is 0 Å². The first kappa shape index (κ1) is 11.4. The van der Waals surface area contributed by atoms with Gasteiger partial charge in [-0.05, 0) is 42.9 Å². The van der Waals surface area contributed by atoms with Crippen LogP contribution in [0, 0.1) is 11.8 Å². The van der Waals surface area contributed by atoms with Crippen molar-refractivity contribution in [2.45, 2.75) is 19.8 Å². The monoisotopic (exact) mass is 219 g/mol. The van der Waals surface area contributed by atoms with Crippen LogP contribution in [0.15, 0.2) is 18.3 Å². The summed E-state index contributed by atoms with van der Waals surface area (Å²) in [5.41, 5.74) is 6.73. The largest absolute Gasteiger partial charge is 0.359 e. The Hall–Kier alpha value is -1.09. The number of rotatable bonds is 5. The Morgan fingerprint density at radius 2 is 2.25 bits per heavy atom. The third kappa shape index (κ3) is 2.73. The highest BCUT2D eigenvalue weighted by molar-refractivity contribution is 5.38. The molecule has 1 saturated carbocycles. The van der Waals surface area contributed by atoms with Crippen LogP contribution >= 0.6 is 0 Å². The molecule has 0 spiro atoms. The number of pyridine rings is 1. The van der Waals surface area contributed by atoms with Crippen molar-refractivity contribution >= 4 is 5.82 Å². The van der Waals surface area contributed by atoms with Crippen molar-refractivity contribution in [3.05, 3.63) is 23.9 Å². The molecule has 1 heterocycles. The summed E-state index contributed by atoms with van der Waals surface area (Å²) in [6.45, 7) is 4.14. The van der Waals surface area contributed by atoms with Crippen LogP contribution in [0.1, 0.15) is 18.9 Å². The fraction of sp³-hybridized carbons (Fsp3) is 0.615. The fourth-order valence-electron chi connectivity index (χ4n) is 2.06. The van der Waals surface area contributed by atoms with Crippen LogP contribution in [0.2, 0.25) is 0 Å². The molecule has 0 saturated heterocycles. The molecule has 1 aromatic heterocycles. The maximum atomic E-state index is 5.51. The molecule has 0 amide bonds. The van der Waals surface area contributed by atoms with E-state index in [0.29, 0.717) is 6.54 Å². The van der Waals surface area contributed by atoms with Crippen LogP contribution in [0.25, 0.3) is 0 Å². The second kappa shape index (κ2) is 4.83. The lowest BCUT2D eigenvalue weighted by molar-refractivity contribution is 0.719. The van der Waals surface area contributed by atoms with Crippen LogP contribution in [-0.4, -0.2) is 25.1 Å². The second-order valence-corrected chi connectivity index (χ2v) is 4.92. The van der Waals surface area contributed by atoms with E-state index in [2.05, 4.69) is 36.0 Å². The van der Waals surface area contributed by atoms with Gasteiger partial charge in [-0.3, -0.25) is 0 Å². The van der Waals surface area contributed by atoms with Crippen molar-refractivity contribution in [3.63, 3.8) is 0 Å². The molecule has 2 unspecified atom stereocenters. The van der Waals surface area contributed by atoms with Gasteiger partial charge >= 0.3 is 0 Å². The molecule has 2 N–H and O–H groups in total. The lowest BCUT2D eigenvalue weighted by atomic mass is 10.2. The second-order valence-electron chi connectivity index (χ2n) is 4.92. The molecule has 0 aromatic carbocycles. The molecule has 0 radical (unpaired) electrons. The SMILES string of the molecule is CC1CC1CN(C)c1ccc(CCN)cn1. The van der Waals surface area contributed by atoms with Crippen LogP contribution in [0.5, 0.6) is 0 Å². The van der Waals surface area contributed by atoms with E-state index in [1.165, 1.54) is 12.0 Å². The molecule has 0 bridgehead atoms. The first-order valence-electron chi connectivity index (χ1n) is 6.07. The van der Waals surface area contributed by atoms with Crippen molar-refractivity contribution in [1.29, 1.82) is 0 Å². The van der Waals surface area contributed by atoms with Crippen molar-refractivity contribution in [3.8, 4) is 0 Å². The third-order valence-electron chi connectivity index (χ3n) is 3.42. The molecular weight excluding hydrogens is 198 g/mol. The standard InChI is InChI=1S/C13H21N3/c1-10-7-12(10)9-16(2)13-4-3-11(5-6-14)8-15-13/h3-4,8,10,12H,5-7,9,14H2,1-2H3. The van der Waals surface area contributed by atoms with Gasteiger partial charge in [-0.15, -0.1) is 0 Å². The molecule has 1 fully saturated rings. The van der Waals surface area contributed by atoms with Gasteiger partial charge < -0.3 is 10.6 Å². The van der Waals surface area contributed by atoms with E-state index >= 15 is 0 Å². The normalized spacial score (nSPS) is 23.2. The summed E-state index contributed by atoms with van der Waals surface area (Å²) in [4.78, 5) is 6.72. The van der Waals surface area contributed by atoms with E-state index in [1.807, 2.05) is 6.20 Å². The Balaban J connectivity index is 1.92. The number of aromatic nitrogens is 1. The molecule has 3 heteroatoms. The maximum Gasteiger partial charge on any atom is 0.128 e. The Labute approximate surface area is 97.7 Å². The van der Waals surface area contributed by atoms with Gasteiger partial charge in [-0.25, -0.2) is 4.98 Å². The number of hydrogen-bond donors (Lipinski definition) is 1. The van der Waals surface area contributed by atoms with Gasteiger partial charge in [0.05, 0.1) is 0 Å². The highest BCUT2D eigenvalue weighted by atomic mass is 15.2. The van der Waals surface area contributed by atoms with Crippen molar-refractivity contribution < 1.29 is 0 Å². The number of nitrogens with zero attached hydrogens (tertiary/aromatic N) is 2. The van der Waals surface area contributed by atoms with Gasteiger partial charge in [-0.1, -0.05) is 13.0 Å². The smallest absolute Gasteiger partial charge is 0.128 e. The van der Waals surface area contributed by atoms with Gasteiger partial charge in [0.1, 0.15) is 5.82 Å². The molecular formula is C13H21N3. The zero-order chi connectivity index (χ0) is 11.5. The molecule has 2 rings (SSSR count). The topological polar surface area (TPSA) is 42.1 Å². The van der Waals surface area contributed by atoms with Crippen LogP contribution in [0.3, 0.4) is 0 Å². The minimum absolute atomic E-state index is 0.691. The molecule has 88 valence electrons. The quantitative estimate of drug-likeness (QED) is 0.819. The number of anilines is 1. The predicted molar refractivity (Wildman–Crippen MR) is 67.5 cm³/mol. The number of hydrogen-bond acceptors (Lipinski definition) is 3. The fourth-order valence-corrected chi connectivity index (χ4v) is 2.06. The minimum atomic E-state index is 0.691. The first-order chi connectivity index (χ1) is 7.70. The Morgan fingerprint density at radius 3 is 2.75 bits per heavy atom. The molecule has 2 atom stereocenters. The summed E-state index contributed by atoms with van der Waals surface area (Å²) in [5.74, 6) is 2.84. The lowest BCUT2D eigenvalue weighted by Gasteiger charge is -2.18. The van der Waals surface area contributed by atoms with Crippen molar-refractivity contribution in [2.24, 2.45) is 17.6 Å². The summed E-state index contributed by atoms with van der Waals surface area (Å²) in [6.07, 6.45) is 4.22. The Bertz CT molecular complexity index is 334. The van der Waals surface area contributed by atoms with Gasteiger partial charge in [0.15, 0.2) is 0 Å². The Kier molecular flexibility index (Phi) is 3.44. The van der Waals surface area contributed by atoms with E-state index < -0.39 is 0 Å². The molecule has 1 aliphatic carbocycles. The number of nitrogens with two attached hydrogens (primary N) is 1. The van der Waals surface area contributed by atoms with Gasteiger partial charge in [0.2, 0.25) is 0 Å². The van der Waals surface area contributed by atoms with E-state index in [9.17, 15) is 0 Å². The lowest BCUT2D eigenvalue weighted by Crippen LogP contribution is -2.21. The summed E-state index contributed by atoms with van der Waals surface area (Å²) in [6, 6.07) is 4.22. The van der Waals surface area contributed by atoms with Crippen LogP contribution < -0.4 is 10.6 Å². The van der Waals surface area contributed by atoms with E-state index in [4.69, 9.17) is 5.73 Å². The Morgan fingerprint density at radius 1 is 1.50 bits per heavy atom.